The summed E-state index contributed by atoms with van der Waals surface area (Å²) < 4.78 is 5.12. The highest BCUT2D eigenvalue weighted by Crippen LogP contribution is 2.17. The van der Waals surface area contributed by atoms with E-state index in [0.29, 0.717) is 0 Å². The van der Waals surface area contributed by atoms with Crippen molar-refractivity contribution in [1.82, 2.24) is 15.5 Å². The van der Waals surface area contributed by atoms with Gasteiger partial charge in [-0.25, -0.2) is 4.98 Å². The molecule has 2 heterocycles. The third kappa shape index (κ3) is 2.73. The number of aromatic nitrogens is 2. The molecule has 0 aliphatic rings. The van der Waals surface area contributed by atoms with Crippen LogP contribution in [-0.2, 0) is 13.1 Å². The van der Waals surface area contributed by atoms with Crippen LogP contribution in [-0.4, -0.2) is 10.1 Å². The van der Waals surface area contributed by atoms with E-state index in [2.05, 4.69) is 22.4 Å². The van der Waals surface area contributed by atoms with Crippen LogP contribution in [0.25, 0.3) is 0 Å². The number of rotatable bonds is 4. The molecule has 2 aromatic rings. The van der Waals surface area contributed by atoms with Crippen molar-refractivity contribution in [3.05, 3.63) is 32.6 Å². The highest BCUT2D eigenvalue weighted by Gasteiger charge is 2.09. The molecule has 0 saturated heterocycles. The van der Waals surface area contributed by atoms with Crippen molar-refractivity contribution in [2.45, 2.75) is 40.8 Å². The summed E-state index contributed by atoms with van der Waals surface area (Å²) in [7, 11) is 0. The van der Waals surface area contributed by atoms with Crippen molar-refractivity contribution >= 4 is 11.3 Å². The third-order valence-corrected chi connectivity index (χ3v) is 3.90. The lowest BCUT2D eigenvalue weighted by Crippen LogP contribution is -2.13. The first-order valence-corrected chi connectivity index (χ1v) is 6.45. The van der Waals surface area contributed by atoms with E-state index in [1.54, 1.807) is 11.3 Å². The van der Waals surface area contributed by atoms with Gasteiger partial charge in [0.15, 0.2) is 0 Å². The van der Waals surface area contributed by atoms with Crippen molar-refractivity contribution in [2.75, 3.05) is 0 Å². The molecule has 2 rings (SSSR count). The number of hydrogen-bond donors (Lipinski definition) is 1. The second kappa shape index (κ2) is 4.98. The summed E-state index contributed by atoms with van der Waals surface area (Å²) in [5, 5.41) is 8.44. The van der Waals surface area contributed by atoms with Crippen molar-refractivity contribution < 1.29 is 4.52 Å². The van der Waals surface area contributed by atoms with Gasteiger partial charge >= 0.3 is 0 Å². The molecule has 0 fully saturated rings. The van der Waals surface area contributed by atoms with Crippen molar-refractivity contribution in [1.29, 1.82) is 0 Å². The topological polar surface area (TPSA) is 51.0 Å². The first kappa shape index (κ1) is 12.3. The minimum Gasteiger partial charge on any atom is -0.361 e. The van der Waals surface area contributed by atoms with Crippen molar-refractivity contribution in [3.63, 3.8) is 0 Å². The van der Waals surface area contributed by atoms with Crippen LogP contribution < -0.4 is 5.32 Å². The average molecular weight is 251 g/mol. The Hall–Kier alpha value is -1.20. The van der Waals surface area contributed by atoms with E-state index in [1.165, 1.54) is 4.88 Å². The fraction of sp³-hybridized carbons (Fsp3) is 0.500. The first-order chi connectivity index (χ1) is 8.08. The van der Waals surface area contributed by atoms with Crippen LogP contribution in [0.1, 0.15) is 32.6 Å². The number of hydrogen-bond acceptors (Lipinski definition) is 5. The van der Waals surface area contributed by atoms with Gasteiger partial charge in [-0.15, -0.1) is 11.3 Å². The molecule has 2 aromatic heterocycles. The summed E-state index contributed by atoms with van der Waals surface area (Å²) in [6.45, 7) is 9.62. The Labute approximate surface area is 105 Å². The highest BCUT2D eigenvalue weighted by atomic mass is 32.1. The summed E-state index contributed by atoms with van der Waals surface area (Å²) in [6, 6.07) is 0. The SMILES string of the molecule is Cc1nc(CNCc2c(C)noc2C)sc1C. The van der Waals surface area contributed by atoms with Crippen molar-refractivity contribution in [2.24, 2.45) is 0 Å². The van der Waals surface area contributed by atoms with E-state index >= 15 is 0 Å². The van der Waals surface area contributed by atoms with Crippen LogP contribution in [0, 0.1) is 27.7 Å². The summed E-state index contributed by atoms with van der Waals surface area (Å²) in [5.74, 6) is 0.890. The molecule has 0 aliphatic heterocycles. The number of nitrogens with one attached hydrogen (secondary N) is 1. The second-order valence-corrected chi connectivity index (χ2v) is 5.44. The zero-order valence-corrected chi connectivity index (χ0v) is 11.4. The van der Waals surface area contributed by atoms with Gasteiger partial charge in [0.2, 0.25) is 0 Å². The maximum Gasteiger partial charge on any atom is 0.138 e. The van der Waals surface area contributed by atoms with Gasteiger partial charge in [0.05, 0.1) is 11.4 Å². The Bertz CT molecular complexity index is 477. The van der Waals surface area contributed by atoms with Crippen LogP contribution in [0.4, 0.5) is 0 Å². The molecule has 4 nitrogen and oxygen atoms in total. The molecule has 0 aliphatic carbocycles. The molecule has 0 radical (unpaired) electrons. The molecule has 5 heteroatoms. The molecule has 0 atom stereocenters. The Kier molecular flexibility index (Phi) is 3.59. The maximum atomic E-state index is 5.12. The molecule has 0 amide bonds. The monoisotopic (exact) mass is 251 g/mol. The first-order valence-electron chi connectivity index (χ1n) is 5.63. The maximum absolute atomic E-state index is 5.12. The molecule has 0 unspecified atom stereocenters. The van der Waals surface area contributed by atoms with E-state index in [-0.39, 0.29) is 0 Å². The van der Waals surface area contributed by atoms with Gasteiger partial charge in [0.25, 0.3) is 0 Å². The predicted octanol–water partition coefficient (Wildman–Crippen LogP) is 2.65. The Morgan fingerprint density at radius 2 is 1.88 bits per heavy atom. The number of aryl methyl sites for hydroxylation is 4. The van der Waals surface area contributed by atoms with E-state index < -0.39 is 0 Å². The summed E-state index contributed by atoms with van der Waals surface area (Å²) >= 11 is 1.75. The second-order valence-electron chi connectivity index (χ2n) is 4.16. The highest BCUT2D eigenvalue weighted by molar-refractivity contribution is 7.11. The van der Waals surface area contributed by atoms with Gasteiger partial charge in [-0.05, 0) is 27.7 Å². The van der Waals surface area contributed by atoms with Crippen LogP contribution in [0.15, 0.2) is 4.52 Å². The normalized spacial score (nSPS) is 11.1. The quantitative estimate of drug-likeness (QED) is 0.907. The third-order valence-electron chi connectivity index (χ3n) is 2.83. The molecular weight excluding hydrogens is 234 g/mol. The smallest absolute Gasteiger partial charge is 0.138 e. The lowest BCUT2D eigenvalue weighted by molar-refractivity contribution is 0.392. The zero-order chi connectivity index (χ0) is 12.4. The van der Waals surface area contributed by atoms with E-state index in [9.17, 15) is 0 Å². The van der Waals surface area contributed by atoms with Gasteiger partial charge in [0, 0.05) is 23.5 Å². The largest absolute Gasteiger partial charge is 0.361 e. The van der Waals surface area contributed by atoms with Crippen molar-refractivity contribution in [3.8, 4) is 0 Å². The van der Waals surface area contributed by atoms with E-state index in [0.717, 1.165) is 40.8 Å². The summed E-state index contributed by atoms with van der Waals surface area (Å²) in [6.07, 6.45) is 0. The average Bonchev–Trinajstić information content (AvgIpc) is 2.75. The van der Waals surface area contributed by atoms with Gasteiger partial charge in [-0.2, -0.15) is 0 Å². The summed E-state index contributed by atoms with van der Waals surface area (Å²) in [4.78, 5) is 5.78. The van der Waals surface area contributed by atoms with Crippen LogP contribution in [0.5, 0.6) is 0 Å². The molecule has 17 heavy (non-hydrogen) atoms. The Morgan fingerprint density at radius 3 is 2.41 bits per heavy atom. The fourth-order valence-electron chi connectivity index (χ4n) is 1.66. The molecule has 0 saturated carbocycles. The molecule has 0 spiro atoms. The number of nitrogens with zero attached hydrogens (tertiary/aromatic N) is 2. The standard InChI is InChI=1S/C12H17N3OS/c1-7-10(4)17-12(14-7)6-13-5-11-8(2)15-16-9(11)3/h13H,5-6H2,1-4H3. The van der Waals surface area contributed by atoms with Gasteiger partial charge in [-0.1, -0.05) is 5.16 Å². The van der Waals surface area contributed by atoms with Gasteiger partial charge < -0.3 is 9.84 Å². The van der Waals surface area contributed by atoms with E-state index in [1.807, 2.05) is 20.8 Å². The molecule has 1 N–H and O–H groups in total. The minimum absolute atomic E-state index is 0.777. The molecule has 0 bridgehead atoms. The Morgan fingerprint density at radius 1 is 1.12 bits per heavy atom. The lowest BCUT2D eigenvalue weighted by Gasteiger charge is -2.01. The molecule has 0 aromatic carbocycles. The van der Waals surface area contributed by atoms with E-state index in [4.69, 9.17) is 4.52 Å². The minimum atomic E-state index is 0.777. The fourth-order valence-corrected chi connectivity index (χ4v) is 2.57. The van der Waals surface area contributed by atoms with Crippen LogP contribution in [0.3, 0.4) is 0 Å². The summed E-state index contributed by atoms with van der Waals surface area (Å²) in [5.41, 5.74) is 3.24. The predicted molar refractivity (Wildman–Crippen MR) is 68.1 cm³/mol. The Balaban J connectivity index is 1.92. The molecule has 92 valence electrons. The van der Waals surface area contributed by atoms with Crippen LogP contribution >= 0.6 is 11.3 Å². The van der Waals surface area contributed by atoms with Crippen LogP contribution in [0.2, 0.25) is 0 Å². The molecular formula is C12H17N3OS. The van der Waals surface area contributed by atoms with Gasteiger partial charge in [0.1, 0.15) is 10.8 Å². The lowest BCUT2D eigenvalue weighted by atomic mass is 10.2. The van der Waals surface area contributed by atoms with Gasteiger partial charge in [-0.3, -0.25) is 0 Å². The zero-order valence-electron chi connectivity index (χ0n) is 10.6. The number of thiazole rings is 1.